The Morgan fingerprint density at radius 3 is 2.40 bits per heavy atom. The van der Waals surface area contributed by atoms with Crippen LogP contribution in [0.2, 0.25) is 0 Å². The lowest BCUT2D eigenvalue weighted by atomic mass is 10.1. The van der Waals surface area contributed by atoms with Crippen LogP contribution in [0.4, 0.5) is 0 Å². The van der Waals surface area contributed by atoms with E-state index >= 15 is 0 Å². The Labute approximate surface area is 90.3 Å². The molecule has 1 saturated heterocycles. The first-order valence-corrected chi connectivity index (χ1v) is 5.28. The molecule has 2 rings (SSSR count). The second-order valence-electron chi connectivity index (χ2n) is 4.21. The van der Waals surface area contributed by atoms with Gasteiger partial charge in [-0.1, -0.05) is 12.1 Å². The molecule has 0 radical (unpaired) electrons. The fourth-order valence-corrected chi connectivity index (χ4v) is 1.73. The molecule has 0 amide bonds. The molecule has 0 spiro atoms. The van der Waals surface area contributed by atoms with Crippen molar-refractivity contribution in [1.29, 1.82) is 0 Å². The summed E-state index contributed by atoms with van der Waals surface area (Å²) in [7, 11) is 2.08. The van der Waals surface area contributed by atoms with Crippen molar-refractivity contribution in [2.45, 2.75) is 19.1 Å². The molecule has 1 N–H and O–H groups in total. The molecule has 1 aromatic carbocycles. The van der Waals surface area contributed by atoms with Gasteiger partial charge in [-0.2, -0.15) is 0 Å². The van der Waals surface area contributed by atoms with Crippen molar-refractivity contribution in [3.63, 3.8) is 0 Å². The molecule has 1 heterocycles. The first-order valence-electron chi connectivity index (χ1n) is 5.28. The molecule has 3 heteroatoms. The van der Waals surface area contributed by atoms with Gasteiger partial charge < -0.3 is 9.84 Å². The number of hydrogen-bond donors (Lipinski definition) is 1. The second-order valence-corrected chi connectivity index (χ2v) is 4.21. The van der Waals surface area contributed by atoms with Gasteiger partial charge in [0.25, 0.3) is 0 Å². The maximum absolute atomic E-state index is 9.34. The van der Waals surface area contributed by atoms with Gasteiger partial charge in [-0.25, -0.2) is 0 Å². The third-order valence-corrected chi connectivity index (χ3v) is 2.70. The Bertz CT molecular complexity index is 315. The quantitative estimate of drug-likeness (QED) is 0.814. The van der Waals surface area contributed by atoms with Gasteiger partial charge in [-0.3, -0.25) is 4.90 Å². The maximum Gasteiger partial charge on any atom is 0.124 e. The third-order valence-electron chi connectivity index (χ3n) is 2.70. The summed E-state index contributed by atoms with van der Waals surface area (Å²) in [5, 5.41) is 9.34. The fourth-order valence-electron chi connectivity index (χ4n) is 1.73. The Morgan fingerprint density at radius 1 is 1.33 bits per heavy atom. The zero-order valence-corrected chi connectivity index (χ0v) is 9.18. The summed E-state index contributed by atoms with van der Waals surface area (Å²) in [6, 6.07) is 7.64. The van der Waals surface area contributed by atoms with Gasteiger partial charge >= 0.3 is 0 Å². The molecule has 15 heavy (non-hydrogen) atoms. The van der Waals surface area contributed by atoms with Crippen LogP contribution in [-0.2, 0) is 0 Å². The van der Waals surface area contributed by atoms with Crippen LogP contribution in [-0.4, -0.2) is 36.2 Å². The minimum atomic E-state index is -0.408. The van der Waals surface area contributed by atoms with E-state index in [9.17, 15) is 5.11 Å². The first kappa shape index (κ1) is 10.5. The minimum Gasteiger partial charge on any atom is -0.488 e. The lowest BCUT2D eigenvalue weighted by Gasteiger charge is -2.36. The zero-order chi connectivity index (χ0) is 10.8. The summed E-state index contributed by atoms with van der Waals surface area (Å²) in [6.45, 7) is 3.76. The van der Waals surface area contributed by atoms with Crippen molar-refractivity contribution in [3.8, 4) is 5.75 Å². The van der Waals surface area contributed by atoms with Gasteiger partial charge in [0, 0.05) is 13.1 Å². The average molecular weight is 207 g/mol. The average Bonchev–Trinajstić information content (AvgIpc) is 2.16. The molecule has 1 atom stereocenters. The number of rotatable bonds is 3. The number of ether oxygens (including phenoxy) is 1. The summed E-state index contributed by atoms with van der Waals surface area (Å²) in [6.07, 6.45) is -0.0821. The van der Waals surface area contributed by atoms with Crippen LogP contribution in [0, 0.1) is 0 Å². The van der Waals surface area contributed by atoms with Gasteiger partial charge in [-0.15, -0.1) is 0 Å². The van der Waals surface area contributed by atoms with E-state index in [0.29, 0.717) is 6.10 Å². The van der Waals surface area contributed by atoms with Crippen LogP contribution < -0.4 is 4.74 Å². The van der Waals surface area contributed by atoms with Crippen LogP contribution in [0.15, 0.2) is 24.3 Å². The summed E-state index contributed by atoms with van der Waals surface area (Å²) >= 11 is 0. The van der Waals surface area contributed by atoms with E-state index in [0.717, 1.165) is 24.4 Å². The van der Waals surface area contributed by atoms with Gasteiger partial charge in [0.1, 0.15) is 11.9 Å². The van der Waals surface area contributed by atoms with E-state index in [1.54, 1.807) is 6.92 Å². The molecule has 1 fully saturated rings. The predicted molar refractivity (Wildman–Crippen MR) is 59.0 cm³/mol. The van der Waals surface area contributed by atoms with E-state index in [-0.39, 0.29) is 0 Å². The predicted octanol–water partition coefficient (Wildman–Crippen LogP) is 1.43. The number of hydrogen-bond acceptors (Lipinski definition) is 3. The highest BCUT2D eigenvalue weighted by Crippen LogP contribution is 2.20. The van der Waals surface area contributed by atoms with Crippen molar-refractivity contribution >= 4 is 0 Å². The van der Waals surface area contributed by atoms with E-state index in [1.165, 1.54) is 0 Å². The van der Waals surface area contributed by atoms with Crippen LogP contribution >= 0.6 is 0 Å². The highest BCUT2D eigenvalue weighted by atomic mass is 16.5. The van der Waals surface area contributed by atoms with Crippen molar-refractivity contribution < 1.29 is 9.84 Å². The highest BCUT2D eigenvalue weighted by Gasteiger charge is 2.24. The molecule has 1 aliphatic rings. The molecule has 0 aromatic heterocycles. The van der Waals surface area contributed by atoms with Crippen LogP contribution in [0.5, 0.6) is 5.75 Å². The molecule has 0 aliphatic carbocycles. The number of aliphatic hydroxyl groups is 1. The van der Waals surface area contributed by atoms with Gasteiger partial charge in [0.05, 0.1) is 6.10 Å². The second kappa shape index (κ2) is 4.21. The van der Waals surface area contributed by atoms with E-state index in [2.05, 4.69) is 11.9 Å². The van der Waals surface area contributed by atoms with Crippen LogP contribution in [0.3, 0.4) is 0 Å². The monoisotopic (exact) mass is 207 g/mol. The van der Waals surface area contributed by atoms with E-state index in [4.69, 9.17) is 4.74 Å². The van der Waals surface area contributed by atoms with Gasteiger partial charge in [0.2, 0.25) is 0 Å². The Hall–Kier alpha value is -1.06. The number of benzene rings is 1. The van der Waals surface area contributed by atoms with Gasteiger partial charge in [-0.05, 0) is 31.7 Å². The van der Waals surface area contributed by atoms with Crippen LogP contribution in [0.25, 0.3) is 0 Å². The molecule has 0 bridgehead atoms. The summed E-state index contributed by atoms with van der Waals surface area (Å²) in [4.78, 5) is 2.22. The summed E-state index contributed by atoms with van der Waals surface area (Å²) in [5.41, 5.74) is 0.924. The van der Waals surface area contributed by atoms with E-state index in [1.807, 2.05) is 24.3 Å². The summed E-state index contributed by atoms with van der Waals surface area (Å²) < 4.78 is 5.73. The van der Waals surface area contributed by atoms with Gasteiger partial charge in [0.15, 0.2) is 0 Å². The third kappa shape index (κ3) is 2.49. The minimum absolute atomic E-state index is 0.326. The molecule has 1 aliphatic heterocycles. The Morgan fingerprint density at radius 2 is 1.93 bits per heavy atom. The molecule has 0 saturated carbocycles. The molecular formula is C12H17NO2. The van der Waals surface area contributed by atoms with Crippen molar-refractivity contribution in [3.05, 3.63) is 29.8 Å². The van der Waals surface area contributed by atoms with Crippen molar-refractivity contribution in [2.75, 3.05) is 20.1 Å². The molecule has 1 unspecified atom stereocenters. The lowest BCUT2D eigenvalue weighted by molar-refractivity contribution is 0.0388. The number of likely N-dealkylation sites (N-methyl/N-ethyl adjacent to an activating group) is 1. The standard InChI is InChI=1S/C12H17NO2/c1-9(14)10-3-5-11(6-4-10)15-12-7-13(2)8-12/h3-6,9,12,14H,7-8H2,1-2H3. The van der Waals surface area contributed by atoms with Crippen molar-refractivity contribution in [1.82, 2.24) is 4.90 Å². The fraction of sp³-hybridized carbons (Fsp3) is 0.500. The molecule has 82 valence electrons. The SMILES string of the molecule is CC(O)c1ccc(OC2CN(C)C2)cc1. The normalized spacial score (nSPS) is 19.7. The lowest BCUT2D eigenvalue weighted by Crippen LogP contribution is -2.51. The summed E-state index contributed by atoms with van der Waals surface area (Å²) in [5.74, 6) is 0.887. The Kier molecular flexibility index (Phi) is 2.93. The highest BCUT2D eigenvalue weighted by molar-refractivity contribution is 5.28. The largest absolute Gasteiger partial charge is 0.488 e. The topological polar surface area (TPSA) is 32.7 Å². The maximum atomic E-state index is 9.34. The number of likely N-dealkylation sites (tertiary alicyclic amines) is 1. The van der Waals surface area contributed by atoms with E-state index < -0.39 is 6.10 Å². The van der Waals surface area contributed by atoms with Crippen LogP contribution in [0.1, 0.15) is 18.6 Å². The number of nitrogens with zero attached hydrogens (tertiary/aromatic N) is 1. The first-order chi connectivity index (χ1) is 7.15. The Balaban J connectivity index is 1.92. The molecule has 3 nitrogen and oxygen atoms in total. The molecular weight excluding hydrogens is 190 g/mol. The van der Waals surface area contributed by atoms with Crippen molar-refractivity contribution in [2.24, 2.45) is 0 Å². The zero-order valence-electron chi connectivity index (χ0n) is 9.18. The number of aliphatic hydroxyl groups excluding tert-OH is 1. The smallest absolute Gasteiger partial charge is 0.124 e. The molecule has 1 aromatic rings.